The molecule has 0 radical (unpaired) electrons. The monoisotopic (exact) mass is 322 g/mol. The van der Waals surface area contributed by atoms with Crippen LogP contribution in [0.2, 0.25) is 0 Å². The number of nitrogens with zero attached hydrogens (tertiary/aromatic N) is 1. The number of ether oxygens (including phenoxy) is 2. The lowest BCUT2D eigenvalue weighted by atomic mass is 10.1. The number of benzene rings is 1. The second-order valence-corrected chi connectivity index (χ2v) is 6.11. The van der Waals surface area contributed by atoms with E-state index in [9.17, 15) is 9.18 Å². The number of carbonyl (C=O) groups is 1. The molecule has 6 heteroatoms. The largest absolute Gasteiger partial charge is 0.379 e. The topological polar surface area (TPSA) is 50.8 Å². The maximum Gasteiger partial charge on any atom is 0.317 e. The standard InChI is InChI=1S/C17H23FN2O3/c18-15-5-3-14(4-6-15)16-11-20(8-10-23-16)17(21)19-7-9-22-12-13-1-2-13/h3-6,13,16H,1-2,7-12H2,(H,19,21). The molecule has 0 bridgehead atoms. The van der Waals surface area contributed by atoms with Crippen molar-refractivity contribution < 1.29 is 18.7 Å². The fourth-order valence-electron chi connectivity index (χ4n) is 2.59. The second-order valence-electron chi connectivity index (χ2n) is 6.11. The molecule has 2 fully saturated rings. The van der Waals surface area contributed by atoms with E-state index in [1.54, 1.807) is 17.0 Å². The number of nitrogens with one attached hydrogen (secondary N) is 1. The predicted molar refractivity (Wildman–Crippen MR) is 83.6 cm³/mol. The van der Waals surface area contributed by atoms with Crippen molar-refractivity contribution >= 4 is 6.03 Å². The van der Waals surface area contributed by atoms with Gasteiger partial charge in [0.05, 0.1) is 19.8 Å². The molecular formula is C17H23FN2O3. The minimum atomic E-state index is -0.273. The van der Waals surface area contributed by atoms with Gasteiger partial charge >= 0.3 is 6.03 Å². The van der Waals surface area contributed by atoms with Gasteiger partial charge in [0.25, 0.3) is 0 Å². The Kier molecular flexibility index (Phi) is 5.46. The van der Waals surface area contributed by atoms with Crippen molar-refractivity contribution in [2.24, 2.45) is 5.92 Å². The Morgan fingerprint density at radius 3 is 2.87 bits per heavy atom. The van der Waals surface area contributed by atoms with E-state index >= 15 is 0 Å². The van der Waals surface area contributed by atoms with Gasteiger partial charge in [-0.25, -0.2) is 9.18 Å². The zero-order chi connectivity index (χ0) is 16.1. The molecule has 1 atom stereocenters. The summed E-state index contributed by atoms with van der Waals surface area (Å²) >= 11 is 0. The van der Waals surface area contributed by atoms with E-state index < -0.39 is 0 Å². The van der Waals surface area contributed by atoms with Crippen LogP contribution in [0.4, 0.5) is 9.18 Å². The molecule has 0 aromatic heterocycles. The van der Waals surface area contributed by atoms with Crippen LogP contribution in [0.5, 0.6) is 0 Å². The Morgan fingerprint density at radius 1 is 1.35 bits per heavy atom. The lowest BCUT2D eigenvalue weighted by Gasteiger charge is -2.33. The van der Waals surface area contributed by atoms with Gasteiger partial charge in [-0.3, -0.25) is 0 Å². The van der Waals surface area contributed by atoms with Crippen molar-refractivity contribution in [1.82, 2.24) is 10.2 Å². The van der Waals surface area contributed by atoms with Gasteiger partial charge < -0.3 is 19.7 Å². The third-order valence-electron chi connectivity index (χ3n) is 4.17. The van der Waals surface area contributed by atoms with Crippen molar-refractivity contribution in [1.29, 1.82) is 0 Å². The molecule has 1 heterocycles. The van der Waals surface area contributed by atoms with E-state index in [1.807, 2.05) is 0 Å². The van der Waals surface area contributed by atoms with Crippen LogP contribution in [0.25, 0.3) is 0 Å². The molecule has 23 heavy (non-hydrogen) atoms. The van der Waals surface area contributed by atoms with Crippen LogP contribution >= 0.6 is 0 Å². The molecule has 1 aromatic carbocycles. The van der Waals surface area contributed by atoms with Gasteiger partial charge in [-0.05, 0) is 36.5 Å². The van der Waals surface area contributed by atoms with E-state index in [0.717, 1.165) is 18.1 Å². The highest BCUT2D eigenvalue weighted by Crippen LogP contribution is 2.28. The molecular weight excluding hydrogens is 299 g/mol. The van der Waals surface area contributed by atoms with E-state index in [-0.39, 0.29) is 18.0 Å². The van der Waals surface area contributed by atoms with Gasteiger partial charge in [0.15, 0.2) is 0 Å². The predicted octanol–water partition coefficient (Wildman–Crippen LogP) is 2.34. The number of morpholine rings is 1. The first-order valence-electron chi connectivity index (χ1n) is 8.20. The molecule has 1 saturated carbocycles. The number of amides is 2. The fourth-order valence-corrected chi connectivity index (χ4v) is 2.59. The third-order valence-corrected chi connectivity index (χ3v) is 4.17. The van der Waals surface area contributed by atoms with Crippen LogP contribution in [-0.2, 0) is 9.47 Å². The zero-order valence-electron chi connectivity index (χ0n) is 13.2. The smallest absolute Gasteiger partial charge is 0.317 e. The first-order chi connectivity index (χ1) is 11.2. The van der Waals surface area contributed by atoms with E-state index in [1.165, 1.54) is 25.0 Å². The van der Waals surface area contributed by atoms with Gasteiger partial charge in [0.1, 0.15) is 11.9 Å². The van der Waals surface area contributed by atoms with Crippen molar-refractivity contribution in [3.63, 3.8) is 0 Å². The molecule has 1 aromatic rings. The van der Waals surface area contributed by atoms with Crippen LogP contribution in [0, 0.1) is 11.7 Å². The molecule has 2 aliphatic rings. The van der Waals surface area contributed by atoms with E-state index in [4.69, 9.17) is 9.47 Å². The summed E-state index contributed by atoms with van der Waals surface area (Å²) in [6.45, 7) is 3.39. The van der Waals surface area contributed by atoms with Crippen LogP contribution in [0.1, 0.15) is 24.5 Å². The summed E-state index contributed by atoms with van der Waals surface area (Å²) in [5, 5.41) is 2.87. The van der Waals surface area contributed by atoms with Crippen LogP contribution < -0.4 is 5.32 Å². The summed E-state index contributed by atoms with van der Waals surface area (Å²) < 4.78 is 24.2. The normalized spacial score (nSPS) is 21.3. The highest BCUT2D eigenvalue weighted by molar-refractivity contribution is 5.74. The average Bonchev–Trinajstić information content (AvgIpc) is 3.39. The summed E-state index contributed by atoms with van der Waals surface area (Å²) in [5.74, 6) is 0.465. The Balaban J connectivity index is 1.41. The Morgan fingerprint density at radius 2 is 2.13 bits per heavy atom. The fraction of sp³-hybridized carbons (Fsp3) is 0.588. The number of urea groups is 1. The lowest BCUT2D eigenvalue weighted by Crippen LogP contribution is -2.47. The van der Waals surface area contributed by atoms with Gasteiger partial charge in [-0.1, -0.05) is 12.1 Å². The summed E-state index contributed by atoms with van der Waals surface area (Å²) in [6.07, 6.45) is 2.33. The van der Waals surface area contributed by atoms with Crippen molar-refractivity contribution in [2.75, 3.05) is 39.5 Å². The van der Waals surface area contributed by atoms with E-state index in [2.05, 4.69) is 5.32 Å². The van der Waals surface area contributed by atoms with Gasteiger partial charge in [0, 0.05) is 19.7 Å². The number of rotatable bonds is 6. The maximum absolute atomic E-state index is 13.0. The second kappa shape index (κ2) is 7.75. The van der Waals surface area contributed by atoms with Gasteiger partial charge in [-0.2, -0.15) is 0 Å². The highest BCUT2D eigenvalue weighted by atomic mass is 19.1. The van der Waals surface area contributed by atoms with Crippen molar-refractivity contribution in [2.45, 2.75) is 18.9 Å². The molecule has 0 spiro atoms. The molecule has 3 rings (SSSR count). The molecule has 126 valence electrons. The van der Waals surface area contributed by atoms with E-state index in [0.29, 0.717) is 32.8 Å². The summed E-state index contributed by atoms with van der Waals surface area (Å²) in [6, 6.07) is 6.12. The Bertz CT molecular complexity index is 519. The third kappa shape index (κ3) is 4.91. The minimum absolute atomic E-state index is 0.101. The molecule has 5 nitrogen and oxygen atoms in total. The molecule has 1 unspecified atom stereocenters. The minimum Gasteiger partial charge on any atom is -0.379 e. The number of carbonyl (C=O) groups excluding carboxylic acids is 1. The summed E-state index contributed by atoms with van der Waals surface area (Å²) in [5.41, 5.74) is 0.886. The lowest BCUT2D eigenvalue weighted by molar-refractivity contribution is -0.0156. The first kappa shape index (κ1) is 16.2. The summed E-state index contributed by atoms with van der Waals surface area (Å²) in [7, 11) is 0. The highest BCUT2D eigenvalue weighted by Gasteiger charge is 2.25. The maximum atomic E-state index is 13.0. The first-order valence-corrected chi connectivity index (χ1v) is 8.20. The van der Waals surface area contributed by atoms with Crippen molar-refractivity contribution in [3.05, 3.63) is 35.6 Å². The molecule has 1 aliphatic heterocycles. The van der Waals surface area contributed by atoms with Gasteiger partial charge in [-0.15, -0.1) is 0 Å². The van der Waals surface area contributed by atoms with Crippen LogP contribution in [-0.4, -0.2) is 50.4 Å². The van der Waals surface area contributed by atoms with Crippen LogP contribution in [0.15, 0.2) is 24.3 Å². The Labute approximate surface area is 135 Å². The quantitative estimate of drug-likeness (QED) is 0.818. The van der Waals surface area contributed by atoms with Crippen molar-refractivity contribution in [3.8, 4) is 0 Å². The molecule has 1 saturated heterocycles. The van der Waals surface area contributed by atoms with Crippen LogP contribution in [0.3, 0.4) is 0 Å². The zero-order valence-corrected chi connectivity index (χ0v) is 13.2. The van der Waals surface area contributed by atoms with Gasteiger partial charge in [0.2, 0.25) is 0 Å². The molecule has 2 amide bonds. The number of hydrogen-bond donors (Lipinski definition) is 1. The number of halogens is 1. The number of hydrogen-bond acceptors (Lipinski definition) is 3. The molecule has 1 aliphatic carbocycles. The SMILES string of the molecule is O=C(NCCOCC1CC1)N1CCOC(c2ccc(F)cc2)C1. The summed E-state index contributed by atoms with van der Waals surface area (Å²) in [4.78, 5) is 13.9. The molecule has 1 N–H and O–H groups in total. The average molecular weight is 322 g/mol. The Hall–Kier alpha value is -1.66.